The predicted octanol–water partition coefficient (Wildman–Crippen LogP) is 2.27. The van der Waals surface area contributed by atoms with Crippen LogP contribution in [-0.4, -0.2) is 55.5 Å². The molecule has 0 aromatic heterocycles. The normalized spacial score (nSPS) is 17.7. The molecule has 1 atom stereocenters. The molecule has 0 radical (unpaired) electrons. The lowest BCUT2D eigenvalue weighted by Gasteiger charge is -2.18. The van der Waals surface area contributed by atoms with E-state index in [1.165, 1.54) is 0 Å². The number of ether oxygens (including phenoxy) is 3. The number of carbonyl (C=O) groups is 3. The highest BCUT2D eigenvalue weighted by molar-refractivity contribution is 5.99. The van der Waals surface area contributed by atoms with Crippen LogP contribution >= 0.6 is 0 Å². The van der Waals surface area contributed by atoms with Crippen molar-refractivity contribution >= 4 is 17.7 Å². The summed E-state index contributed by atoms with van der Waals surface area (Å²) in [6.45, 7) is 1.41. The Balaban J connectivity index is 1.27. The number of fused-ring (bicyclic) bond motifs is 1. The molecule has 2 aromatic carbocycles. The van der Waals surface area contributed by atoms with E-state index < -0.39 is 11.9 Å². The van der Waals surface area contributed by atoms with Gasteiger partial charge in [-0.15, -0.1) is 0 Å². The number of ketones is 1. The summed E-state index contributed by atoms with van der Waals surface area (Å²) >= 11 is 0. The number of nitrogens with zero attached hydrogens (tertiary/aromatic N) is 1. The van der Waals surface area contributed by atoms with Crippen LogP contribution in [0.4, 0.5) is 0 Å². The molecule has 1 fully saturated rings. The number of likely N-dealkylation sites (tertiary alicyclic amines) is 1. The SMILES string of the molecule is O=C(COC(=O)[C@H]1CC(=O)N(CCc2ccccc2)C1)c1ccc2c(c1)OCCO2. The molecule has 0 spiro atoms. The van der Waals surface area contributed by atoms with E-state index in [4.69, 9.17) is 14.2 Å². The highest BCUT2D eigenvalue weighted by atomic mass is 16.6. The lowest BCUT2D eigenvalue weighted by molar-refractivity contribution is -0.147. The summed E-state index contributed by atoms with van der Waals surface area (Å²) in [5.74, 6) is -0.349. The number of amides is 1. The molecule has 1 amide bonds. The van der Waals surface area contributed by atoms with Gasteiger partial charge in [0, 0.05) is 25.1 Å². The first-order valence-electron chi connectivity index (χ1n) is 10.0. The first-order chi connectivity index (χ1) is 14.6. The Labute approximate surface area is 174 Å². The van der Waals surface area contributed by atoms with Gasteiger partial charge in [0.05, 0.1) is 5.92 Å². The van der Waals surface area contributed by atoms with Crippen molar-refractivity contribution in [3.63, 3.8) is 0 Å². The minimum absolute atomic E-state index is 0.0638. The minimum Gasteiger partial charge on any atom is -0.486 e. The molecular formula is C23H23NO6. The molecule has 2 aliphatic rings. The molecule has 0 aliphatic carbocycles. The summed E-state index contributed by atoms with van der Waals surface area (Å²) in [4.78, 5) is 38.7. The van der Waals surface area contributed by atoms with Gasteiger partial charge in [0.25, 0.3) is 0 Å². The Morgan fingerprint density at radius 3 is 2.60 bits per heavy atom. The molecule has 7 nitrogen and oxygen atoms in total. The molecule has 156 valence electrons. The molecular weight excluding hydrogens is 386 g/mol. The van der Waals surface area contributed by atoms with Gasteiger partial charge in [-0.3, -0.25) is 14.4 Å². The molecule has 7 heteroatoms. The number of rotatable bonds is 7. The Morgan fingerprint density at radius 1 is 1.03 bits per heavy atom. The Bertz CT molecular complexity index is 942. The van der Waals surface area contributed by atoms with E-state index in [9.17, 15) is 14.4 Å². The van der Waals surface area contributed by atoms with Gasteiger partial charge in [-0.1, -0.05) is 30.3 Å². The smallest absolute Gasteiger partial charge is 0.311 e. The summed E-state index contributed by atoms with van der Waals surface area (Å²) in [7, 11) is 0. The summed E-state index contributed by atoms with van der Waals surface area (Å²) in [5.41, 5.74) is 1.53. The Morgan fingerprint density at radius 2 is 1.80 bits per heavy atom. The maximum atomic E-state index is 12.4. The van der Waals surface area contributed by atoms with Crippen LogP contribution in [0.5, 0.6) is 11.5 Å². The third kappa shape index (κ3) is 4.62. The van der Waals surface area contributed by atoms with Crippen LogP contribution in [-0.2, 0) is 20.7 Å². The summed E-state index contributed by atoms with van der Waals surface area (Å²) in [6, 6.07) is 14.8. The fourth-order valence-electron chi connectivity index (χ4n) is 3.61. The van der Waals surface area contributed by atoms with E-state index >= 15 is 0 Å². The largest absolute Gasteiger partial charge is 0.486 e. The van der Waals surface area contributed by atoms with Gasteiger partial charge in [-0.05, 0) is 30.2 Å². The highest BCUT2D eigenvalue weighted by Gasteiger charge is 2.35. The fourth-order valence-corrected chi connectivity index (χ4v) is 3.61. The van der Waals surface area contributed by atoms with E-state index in [-0.39, 0.29) is 24.7 Å². The number of Topliss-reactive ketones (excluding diaryl/α,β-unsaturated/α-hetero) is 1. The van der Waals surface area contributed by atoms with Crippen molar-refractivity contribution in [2.45, 2.75) is 12.8 Å². The standard InChI is InChI=1S/C23H23NO6/c25-19(17-6-7-20-21(12-17)29-11-10-28-20)15-30-23(27)18-13-22(26)24(14-18)9-8-16-4-2-1-3-5-16/h1-7,12,18H,8-11,13-15H2/t18-/m0/s1. The lowest BCUT2D eigenvalue weighted by atomic mass is 10.1. The fraction of sp³-hybridized carbons (Fsp3) is 0.348. The zero-order valence-corrected chi connectivity index (χ0v) is 16.5. The molecule has 4 rings (SSSR count). The Kier molecular flexibility index (Phi) is 5.97. The van der Waals surface area contributed by atoms with Crippen molar-refractivity contribution in [1.29, 1.82) is 0 Å². The van der Waals surface area contributed by atoms with Gasteiger partial charge in [0.2, 0.25) is 5.91 Å². The van der Waals surface area contributed by atoms with Crippen molar-refractivity contribution < 1.29 is 28.6 Å². The molecule has 0 saturated carbocycles. The summed E-state index contributed by atoms with van der Waals surface area (Å²) in [6.07, 6.45) is 0.850. The van der Waals surface area contributed by atoms with Crippen LogP contribution in [0.3, 0.4) is 0 Å². The maximum Gasteiger partial charge on any atom is 0.311 e. The van der Waals surface area contributed by atoms with Crippen LogP contribution < -0.4 is 9.47 Å². The van der Waals surface area contributed by atoms with Crippen molar-refractivity contribution in [2.75, 3.05) is 32.9 Å². The van der Waals surface area contributed by atoms with E-state index in [0.717, 1.165) is 12.0 Å². The second-order valence-corrected chi connectivity index (χ2v) is 7.37. The molecule has 0 bridgehead atoms. The zero-order chi connectivity index (χ0) is 20.9. The number of hydrogen-bond acceptors (Lipinski definition) is 6. The second-order valence-electron chi connectivity index (χ2n) is 7.37. The zero-order valence-electron chi connectivity index (χ0n) is 16.5. The van der Waals surface area contributed by atoms with Crippen LogP contribution in [0, 0.1) is 5.92 Å². The van der Waals surface area contributed by atoms with Crippen molar-refractivity contribution in [3.8, 4) is 11.5 Å². The average molecular weight is 409 g/mol. The van der Waals surface area contributed by atoms with Gasteiger partial charge in [0.1, 0.15) is 13.2 Å². The number of esters is 1. The maximum absolute atomic E-state index is 12.4. The van der Waals surface area contributed by atoms with Crippen LogP contribution in [0.1, 0.15) is 22.3 Å². The average Bonchev–Trinajstić information content (AvgIpc) is 3.16. The van der Waals surface area contributed by atoms with Gasteiger partial charge in [0.15, 0.2) is 23.9 Å². The van der Waals surface area contributed by atoms with Gasteiger partial charge >= 0.3 is 5.97 Å². The van der Waals surface area contributed by atoms with Crippen molar-refractivity contribution in [1.82, 2.24) is 4.90 Å². The molecule has 1 saturated heterocycles. The highest BCUT2D eigenvalue weighted by Crippen LogP contribution is 2.31. The summed E-state index contributed by atoms with van der Waals surface area (Å²) < 4.78 is 16.1. The quantitative estimate of drug-likeness (QED) is 0.515. The van der Waals surface area contributed by atoms with Crippen LogP contribution in [0.15, 0.2) is 48.5 Å². The van der Waals surface area contributed by atoms with E-state index in [2.05, 4.69) is 0 Å². The third-order valence-corrected chi connectivity index (χ3v) is 5.27. The van der Waals surface area contributed by atoms with Crippen LogP contribution in [0.2, 0.25) is 0 Å². The van der Waals surface area contributed by atoms with Gasteiger partial charge in [-0.2, -0.15) is 0 Å². The molecule has 0 unspecified atom stereocenters. The molecule has 2 aromatic rings. The second kappa shape index (κ2) is 8.98. The number of benzene rings is 2. The third-order valence-electron chi connectivity index (χ3n) is 5.27. The van der Waals surface area contributed by atoms with E-state index in [0.29, 0.717) is 43.4 Å². The molecule has 2 aliphatic heterocycles. The molecule has 2 heterocycles. The topological polar surface area (TPSA) is 82.1 Å². The van der Waals surface area contributed by atoms with Gasteiger partial charge < -0.3 is 19.1 Å². The first kappa shape index (κ1) is 19.9. The predicted molar refractivity (Wildman–Crippen MR) is 108 cm³/mol. The lowest BCUT2D eigenvalue weighted by Crippen LogP contribution is -2.29. The monoisotopic (exact) mass is 409 g/mol. The van der Waals surface area contributed by atoms with Gasteiger partial charge in [-0.25, -0.2) is 0 Å². The van der Waals surface area contributed by atoms with Crippen molar-refractivity contribution in [2.24, 2.45) is 5.92 Å². The molecule has 0 N–H and O–H groups in total. The van der Waals surface area contributed by atoms with Crippen LogP contribution in [0.25, 0.3) is 0 Å². The number of carbonyl (C=O) groups excluding carboxylic acids is 3. The first-order valence-corrected chi connectivity index (χ1v) is 10.0. The Hall–Kier alpha value is -3.35. The van der Waals surface area contributed by atoms with E-state index in [1.807, 2.05) is 30.3 Å². The number of hydrogen-bond donors (Lipinski definition) is 0. The molecule has 30 heavy (non-hydrogen) atoms. The van der Waals surface area contributed by atoms with Crippen molar-refractivity contribution in [3.05, 3.63) is 59.7 Å². The summed E-state index contributed by atoms with van der Waals surface area (Å²) in [5, 5.41) is 0. The van der Waals surface area contributed by atoms with E-state index in [1.54, 1.807) is 23.1 Å². The minimum atomic E-state index is -0.540.